The van der Waals surface area contributed by atoms with Gasteiger partial charge in [-0.3, -0.25) is 0 Å². The van der Waals surface area contributed by atoms with Crippen LogP contribution in [-0.2, 0) is 0 Å². The van der Waals surface area contributed by atoms with Gasteiger partial charge in [0.1, 0.15) is 0 Å². The SMILES string of the molecule is O[C@H]1C[C@H](CBr)C1. The Bertz CT molecular complexity index is 59.1. The molecule has 1 nitrogen and oxygen atoms in total. The van der Waals surface area contributed by atoms with Crippen molar-refractivity contribution in [1.29, 1.82) is 0 Å². The normalized spacial score (nSPS) is 40.3. The number of aliphatic hydroxyl groups excluding tert-OH is 1. The minimum absolute atomic E-state index is 0.0162. The summed E-state index contributed by atoms with van der Waals surface area (Å²) in [7, 11) is 0. The molecular weight excluding hydrogens is 156 g/mol. The predicted octanol–water partition coefficient (Wildman–Crippen LogP) is 1.15. The second-order valence-corrected chi connectivity index (χ2v) is 2.79. The van der Waals surface area contributed by atoms with E-state index in [1.54, 1.807) is 0 Å². The van der Waals surface area contributed by atoms with Crippen LogP contribution in [0, 0.1) is 5.92 Å². The maximum Gasteiger partial charge on any atom is 0.0546 e. The Hall–Kier alpha value is 0.440. The lowest BCUT2D eigenvalue weighted by Crippen LogP contribution is -2.28. The van der Waals surface area contributed by atoms with Crippen LogP contribution in [0.5, 0.6) is 0 Å². The average Bonchev–Trinajstić information content (AvgIpc) is 1.58. The quantitative estimate of drug-likeness (QED) is 0.578. The molecule has 7 heavy (non-hydrogen) atoms. The summed E-state index contributed by atoms with van der Waals surface area (Å²) in [6.07, 6.45) is 2.03. The van der Waals surface area contributed by atoms with Crippen LogP contribution >= 0.6 is 15.9 Å². The molecule has 0 spiro atoms. The molecule has 0 atom stereocenters. The van der Waals surface area contributed by atoms with Gasteiger partial charge in [0.15, 0.2) is 0 Å². The van der Waals surface area contributed by atoms with Crippen LogP contribution in [-0.4, -0.2) is 16.5 Å². The highest BCUT2D eigenvalue weighted by Crippen LogP contribution is 2.28. The highest BCUT2D eigenvalue weighted by molar-refractivity contribution is 9.09. The first-order chi connectivity index (χ1) is 3.33. The molecule has 0 saturated heterocycles. The lowest BCUT2D eigenvalue weighted by molar-refractivity contribution is 0.0538. The second kappa shape index (κ2) is 2.14. The van der Waals surface area contributed by atoms with Crippen molar-refractivity contribution in [2.45, 2.75) is 18.9 Å². The Kier molecular flexibility index (Phi) is 1.70. The van der Waals surface area contributed by atoms with Gasteiger partial charge in [0.25, 0.3) is 0 Å². The van der Waals surface area contributed by atoms with Crippen LogP contribution in [0.2, 0.25) is 0 Å². The van der Waals surface area contributed by atoms with E-state index in [1.807, 2.05) is 0 Å². The van der Waals surface area contributed by atoms with Crippen LogP contribution < -0.4 is 0 Å². The van der Waals surface area contributed by atoms with E-state index in [1.165, 1.54) is 0 Å². The lowest BCUT2D eigenvalue weighted by Gasteiger charge is -2.29. The zero-order valence-corrected chi connectivity index (χ0v) is 5.69. The van der Waals surface area contributed by atoms with Crippen LogP contribution in [0.3, 0.4) is 0 Å². The van der Waals surface area contributed by atoms with Gasteiger partial charge in [-0.25, -0.2) is 0 Å². The molecule has 0 aliphatic heterocycles. The molecule has 0 aromatic carbocycles. The minimum atomic E-state index is 0.0162. The predicted molar refractivity (Wildman–Crippen MR) is 32.5 cm³/mol. The van der Waals surface area contributed by atoms with Gasteiger partial charge >= 0.3 is 0 Å². The Balaban J connectivity index is 2.06. The maximum atomic E-state index is 8.73. The monoisotopic (exact) mass is 164 g/mol. The fraction of sp³-hybridized carbons (Fsp3) is 1.00. The summed E-state index contributed by atoms with van der Waals surface area (Å²) < 4.78 is 0. The number of alkyl halides is 1. The van der Waals surface area contributed by atoms with Crippen LogP contribution in [0.4, 0.5) is 0 Å². The summed E-state index contributed by atoms with van der Waals surface area (Å²) >= 11 is 3.34. The van der Waals surface area contributed by atoms with Gasteiger partial charge in [-0.05, 0) is 18.8 Å². The van der Waals surface area contributed by atoms with E-state index < -0.39 is 0 Å². The van der Waals surface area contributed by atoms with E-state index in [0.29, 0.717) is 0 Å². The molecule has 0 unspecified atom stereocenters. The van der Waals surface area contributed by atoms with Crippen molar-refractivity contribution < 1.29 is 5.11 Å². The lowest BCUT2D eigenvalue weighted by atomic mass is 9.84. The Morgan fingerprint density at radius 3 is 2.29 bits per heavy atom. The Morgan fingerprint density at radius 1 is 1.57 bits per heavy atom. The molecule has 1 rings (SSSR count). The van der Waals surface area contributed by atoms with Crippen LogP contribution in [0.1, 0.15) is 12.8 Å². The summed E-state index contributed by atoms with van der Waals surface area (Å²) in [5.74, 6) is 0.759. The van der Waals surface area contributed by atoms with E-state index in [9.17, 15) is 0 Å². The number of halogens is 1. The molecule has 0 aromatic rings. The van der Waals surface area contributed by atoms with E-state index in [0.717, 1.165) is 24.1 Å². The average molecular weight is 165 g/mol. The summed E-state index contributed by atoms with van der Waals surface area (Å²) in [6.45, 7) is 0. The van der Waals surface area contributed by atoms with Crippen LogP contribution in [0.15, 0.2) is 0 Å². The van der Waals surface area contributed by atoms with E-state index in [4.69, 9.17) is 5.11 Å². The van der Waals surface area contributed by atoms with Gasteiger partial charge in [-0.15, -0.1) is 0 Å². The largest absolute Gasteiger partial charge is 0.393 e. The van der Waals surface area contributed by atoms with Crippen molar-refractivity contribution in [1.82, 2.24) is 0 Å². The first-order valence-corrected chi connectivity index (χ1v) is 3.69. The standard InChI is InChI=1S/C5H9BrO/c6-3-4-1-5(7)2-4/h4-5,7H,1-3H2/t4-,5-. The molecule has 0 heterocycles. The van der Waals surface area contributed by atoms with E-state index in [-0.39, 0.29) is 6.10 Å². The third-order valence-electron chi connectivity index (χ3n) is 1.43. The molecule has 1 N–H and O–H groups in total. The molecule has 42 valence electrons. The number of rotatable bonds is 1. The van der Waals surface area contributed by atoms with Crippen LogP contribution in [0.25, 0.3) is 0 Å². The fourth-order valence-corrected chi connectivity index (χ4v) is 1.36. The van der Waals surface area contributed by atoms with Gasteiger partial charge < -0.3 is 5.11 Å². The van der Waals surface area contributed by atoms with Crippen molar-refractivity contribution in [3.8, 4) is 0 Å². The maximum absolute atomic E-state index is 8.73. The summed E-state index contributed by atoms with van der Waals surface area (Å²) in [5.41, 5.74) is 0. The summed E-state index contributed by atoms with van der Waals surface area (Å²) in [4.78, 5) is 0. The number of hydrogen-bond donors (Lipinski definition) is 1. The van der Waals surface area contributed by atoms with E-state index >= 15 is 0 Å². The molecule has 1 aliphatic rings. The molecule has 1 fully saturated rings. The van der Waals surface area contributed by atoms with Gasteiger partial charge in [0.2, 0.25) is 0 Å². The van der Waals surface area contributed by atoms with Crippen molar-refractivity contribution in [2.75, 3.05) is 5.33 Å². The first-order valence-electron chi connectivity index (χ1n) is 2.57. The molecule has 0 bridgehead atoms. The van der Waals surface area contributed by atoms with Crippen molar-refractivity contribution >= 4 is 15.9 Å². The molecule has 1 aliphatic carbocycles. The highest BCUT2D eigenvalue weighted by atomic mass is 79.9. The summed E-state index contributed by atoms with van der Waals surface area (Å²) in [5, 5.41) is 9.79. The Labute approximate surface area is 51.9 Å². The Morgan fingerprint density at radius 2 is 2.14 bits per heavy atom. The smallest absolute Gasteiger partial charge is 0.0546 e. The first kappa shape index (κ1) is 5.57. The minimum Gasteiger partial charge on any atom is -0.393 e. The van der Waals surface area contributed by atoms with Crippen molar-refractivity contribution in [3.63, 3.8) is 0 Å². The van der Waals surface area contributed by atoms with Crippen molar-refractivity contribution in [2.24, 2.45) is 5.92 Å². The molecule has 1 saturated carbocycles. The van der Waals surface area contributed by atoms with Gasteiger partial charge in [-0.2, -0.15) is 0 Å². The summed E-state index contributed by atoms with van der Waals surface area (Å²) in [6, 6.07) is 0. The molecule has 0 amide bonds. The third kappa shape index (κ3) is 1.16. The second-order valence-electron chi connectivity index (χ2n) is 2.15. The zero-order valence-electron chi connectivity index (χ0n) is 4.10. The molecule has 0 aromatic heterocycles. The van der Waals surface area contributed by atoms with Gasteiger partial charge in [0, 0.05) is 5.33 Å². The highest BCUT2D eigenvalue weighted by Gasteiger charge is 2.25. The fourth-order valence-electron chi connectivity index (χ4n) is 0.826. The molecule has 2 heteroatoms. The third-order valence-corrected chi connectivity index (χ3v) is 2.34. The molecular formula is C5H9BrO. The number of aliphatic hydroxyl groups is 1. The van der Waals surface area contributed by atoms with Gasteiger partial charge in [0.05, 0.1) is 6.10 Å². The number of hydrogen-bond acceptors (Lipinski definition) is 1. The van der Waals surface area contributed by atoms with Gasteiger partial charge in [-0.1, -0.05) is 15.9 Å². The topological polar surface area (TPSA) is 20.2 Å². The zero-order chi connectivity index (χ0) is 5.28. The van der Waals surface area contributed by atoms with Crippen molar-refractivity contribution in [3.05, 3.63) is 0 Å². The molecule has 0 radical (unpaired) electrons. The van der Waals surface area contributed by atoms with E-state index in [2.05, 4.69) is 15.9 Å².